The summed E-state index contributed by atoms with van der Waals surface area (Å²) in [5.74, 6) is 0.444. The molecule has 0 aliphatic carbocycles. The number of hydrogen-bond acceptors (Lipinski definition) is 8. The van der Waals surface area contributed by atoms with Crippen molar-refractivity contribution in [3.8, 4) is 17.0 Å². The van der Waals surface area contributed by atoms with Crippen molar-refractivity contribution in [1.82, 2.24) is 14.9 Å². The molecular weight excluding hydrogens is 557 g/mol. The Kier molecular flexibility index (Phi) is 11.1. The molecule has 216 valence electrons. The van der Waals surface area contributed by atoms with Crippen LogP contribution in [0.15, 0.2) is 48.7 Å². The van der Waals surface area contributed by atoms with Crippen LogP contribution in [0.4, 0.5) is 0 Å². The van der Waals surface area contributed by atoms with Crippen LogP contribution in [0.5, 0.6) is 5.75 Å². The number of aromatic nitrogens is 2. The lowest BCUT2D eigenvalue weighted by Crippen LogP contribution is -2.37. The van der Waals surface area contributed by atoms with Crippen molar-refractivity contribution in [3.05, 3.63) is 70.6 Å². The highest BCUT2D eigenvalue weighted by Gasteiger charge is 2.24. The maximum atomic E-state index is 13.1. The van der Waals surface area contributed by atoms with Gasteiger partial charge >= 0.3 is 7.82 Å². The largest absolute Gasteiger partial charge is 0.489 e. The third kappa shape index (κ3) is 8.49. The Hall–Kier alpha value is -3.01. The van der Waals surface area contributed by atoms with Crippen molar-refractivity contribution >= 4 is 31.1 Å². The molecule has 3 rings (SSSR count). The minimum absolute atomic E-state index is 0.0195. The van der Waals surface area contributed by atoms with Crippen LogP contribution in [0.1, 0.15) is 53.7 Å². The number of nitrogens with zero attached hydrogens (tertiary/aromatic N) is 2. The van der Waals surface area contributed by atoms with Gasteiger partial charge in [0.15, 0.2) is 11.6 Å². The van der Waals surface area contributed by atoms with Gasteiger partial charge in [0, 0.05) is 51.6 Å². The lowest BCUT2D eigenvalue weighted by atomic mass is 10.0. The number of ether oxygens (including phenoxy) is 1. The second-order valence-electron chi connectivity index (χ2n) is 9.43. The first-order valence-corrected chi connectivity index (χ1v) is 14.5. The van der Waals surface area contributed by atoms with Crippen LogP contribution >= 0.6 is 19.4 Å². The van der Waals surface area contributed by atoms with Gasteiger partial charge in [-0.05, 0) is 50.5 Å². The predicted molar refractivity (Wildman–Crippen MR) is 153 cm³/mol. The zero-order chi connectivity index (χ0) is 29.4. The third-order valence-corrected chi connectivity index (χ3v) is 7.67. The van der Waals surface area contributed by atoms with E-state index in [2.05, 4.69) is 10.3 Å². The number of phosphoric acid groups is 1. The van der Waals surface area contributed by atoms with Gasteiger partial charge < -0.3 is 14.6 Å². The minimum atomic E-state index is -3.66. The molecule has 0 spiro atoms. The van der Waals surface area contributed by atoms with Crippen LogP contribution in [0, 0.1) is 0 Å². The molecule has 0 saturated heterocycles. The molecule has 1 N–H and O–H groups in total. The van der Waals surface area contributed by atoms with E-state index in [4.69, 9.17) is 29.9 Å². The van der Waals surface area contributed by atoms with Gasteiger partial charge in [-0.3, -0.25) is 23.2 Å². The fraction of sp³-hybridized carbons (Fsp3) is 0.393. The average Bonchev–Trinajstić information content (AvgIpc) is 3.31. The van der Waals surface area contributed by atoms with Crippen molar-refractivity contribution in [2.75, 3.05) is 20.8 Å². The van der Waals surface area contributed by atoms with Crippen LogP contribution in [-0.4, -0.2) is 54.2 Å². The average molecular weight is 592 g/mol. The highest BCUT2D eigenvalue weighted by Crippen LogP contribution is 2.47. The minimum Gasteiger partial charge on any atom is -0.489 e. The second-order valence-corrected chi connectivity index (χ2v) is 11.7. The second kappa shape index (κ2) is 14.1. The molecule has 0 aliphatic heterocycles. The zero-order valence-electron chi connectivity index (χ0n) is 23.5. The van der Waals surface area contributed by atoms with Gasteiger partial charge in [-0.2, -0.15) is 0 Å². The molecule has 1 amide bonds. The lowest BCUT2D eigenvalue weighted by molar-refractivity contribution is 0.0926. The number of hydrogen-bond donors (Lipinski definition) is 1. The summed E-state index contributed by atoms with van der Waals surface area (Å²) >= 11 is 6.33. The van der Waals surface area contributed by atoms with Gasteiger partial charge in [0.25, 0.3) is 5.91 Å². The smallest absolute Gasteiger partial charge is 0.474 e. The number of nitrogens with one attached hydrogen (secondary N) is 1. The summed E-state index contributed by atoms with van der Waals surface area (Å²) in [6, 6.07) is 12.2. The SMILES string of the molecule is COP(=O)(OC)OCCC(Cc1ccc(-c2cn(C)c(C(C)=O)n2)cc1)NC(=O)c1ccc(OC(C)C)c(Cl)c1. The number of phosphoric ester groups is 1. The molecule has 1 heterocycles. The third-order valence-electron chi connectivity index (χ3n) is 5.98. The summed E-state index contributed by atoms with van der Waals surface area (Å²) < 4.78 is 34.7. The van der Waals surface area contributed by atoms with Gasteiger partial charge in [-0.1, -0.05) is 35.9 Å². The van der Waals surface area contributed by atoms with E-state index in [1.54, 1.807) is 36.0 Å². The Bertz CT molecular complexity index is 1370. The molecule has 1 atom stereocenters. The fourth-order valence-electron chi connectivity index (χ4n) is 4.00. The van der Waals surface area contributed by atoms with Gasteiger partial charge in [0.1, 0.15) is 5.75 Å². The van der Waals surface area contributed by atoms with Gasteiger partial charge in [-0.15, -0.1) is 0 Å². The molecule has 0 fully saturated rings. The molecule has 12 heteroatoms. The maximum Gasteiger partial charge on any atom is 0.474 e. The van der Waals surface area contributed by atoms with Crippen molar-refractivity contribution in [1.29, 1.82) is 0 Å². The lowest BCUT2D eigenvalue weighted by Gasteiger charge is -2.21. The van der Waals surface area contributed by atoms with Gasteiger partial charge in [0.2, 0.25) is 0 Å². The highest BCUT2D eigenvalue weighted by atomic mass is 35.5. The van der Waals surface area contributed by atoms with E-state index in [1.807, 2.05) is 38.1 Å². The first kappa shape index (κ1) is 31.5. The summed E-state index contributed by atoms with van der Waals surface area (Å²) in [6.07, 6.45) is 2.54. The quantitative estimate of drug-likeness (QED) is 0.182. The van der Waals surface area contributed by atoms with E-state index >= 15 is 0 Å². The standard InChI is InChI=1S/C28H35ClN3O7P/c1-18(2)39-26-12-11-22(16-24(26)29)28(34)30-23(13-14-38-40(35,36-5)37-6)15-20-7-9-21(10-8-20)25-17-32(4)27(31-25)19(3)33/h7-12,16-18,23H,13-15H2,1-6H3,(H,30,34). The van der Waals surface area contributed by atoms with Gasteiger partial charge in [0.05, 0.1) is 23.4 Å². The van der Waals surface area contributed by atoms with Crippen molar-refractivity contribution in [2.45, 2.75) is 45.8 Å². The molecule has 1 unspecified atom stereocenters. The van der Waals surface area contributed by atoms with E-state index in [1.165, 1.54) is 21.1 Å². The van der Waals surface area contributed by atoms with Crippen molar-refractivity contribution in [2.24, 2.45) is 7.05 Å². The molecule has 0 bridgehead atoms. The zero-order valence-corrected chi connectivity index (χ0v) is 25.1. The number of ketones is 1. The first-order chi connectivity index (χ1) is 18.9. The summed E-state index contributed by atoms with van der Waals surface area (Å²) in [4.78, 5) is 29.3. The number of imidazole rings is 1. The molecule has 0 saturated carbocycles. The summed E-state index contributed by atoms with van der Waals surface area (Å²) in [5, 5.41) is 3.35. The Balaban J connectivity index is 1.76. The predicted octanol–water partition coefficient (Wildman–Crippen LogP) is 5.88. The van der Waals surface area contributed by atoms with Crippen LogP contribution < -0.4 is 10.1 Å². The topological polar surface area (TPSA) is 118 Å². The molecule has 10 nitrogen and oxygen atoms in total. The molecule has 3 aromatic rings. The van der Waals surface area contributed by atoms with E-state index in [9.17, 15) is 14.2 Å². The number of rotatable bonds is 14. The number of amides is 1. The van der Waals surface area contributed by atoms with Crippen LogP contribution in [0.25, 0.3) is 11.3 Å². The Labute approximate surface area is 239 Å². The number of carbonyl (C=O) groups excluding carboxylic acids is 2. The van der Waals surface area contributed by atoms with Crippen LogP contribution in [-0.2, 0) is 31.6 Å². The van der Waals surface area contributed by atoms with Crippen LogP contribution in [0.2, 0.25) is 5.02 Å². The van der Waals surface area contributed by atoms with Crippen LogP contribution in [0.3, 0.4) is 0 Å². The normalized spacial score (nSPS) is 12.4. The Morgan fingerprint density at radius 3 is 2.33 bits per heavy atom. The van der Waals surface area contributed by atoms with E-state index in [0.29, 0.717) is 40.7 Å². The molecule has 40 heavy (non-hydrogen) atoms. The maximum absolute atomic E-state index is 13.1. The monoisotopic (exact) mass is 591 g/mol. The Morgan fingerprint density at radius 1 is 1.10 bits per heavy atom. The molecular formula is C28H35ClN3O7P. The highest BCUT2D eigenvalue weighted by molar-refractivity contribution is 7.48. The molecule has 0 aliphatic rings. The number of carbonyl (C=O) groups is 2. The molecule has 0 radical (unpaired) electrons. The first-order valence-electron chi connectivity index (χ1n) is 12.7. The molecule has 2 aromatic carbocycles. The summed E-state index contributed by atoms with van der Waals surface area (Å²) in [7, 11) is 0.593. The molecule has 1 aromatic heterocycles. The van der Waals surface area contributed by atoms with E-state index < -0.39 is 7.82 Å². The fourth-order valence-corrected chi connectivity index (χ4v) is 4.91. The van der Waals surface area contributed by atoms with Crippen molar-refractivity contribution < 1.29 is 32.5 Å². The number of aryl methyl sites for hydroxylation is 1. The van der Waals surface area contributed by atoms with E-state index in [0.717, 1.165) is 11.1 Å². The number of Topliss-reactive ketones (excluding diaryl/α,β-unsaturated/α-hetero) is 1. The van der Waals surface area contributed by atoms with Gasteiger partial charge in [-0.25, -0.2) is 9.55 Å². The number of halogens is 1. The summed E-state index contributed by atoms with van der Waals surface area (Å²) in [6.45, 7) is 5.28. The summed E-state index contributed by atoms with van der Waals surface area (Å²) in [5.41, 5.74) is 2.86. The number of benzene rings is 2. The van der Waals surface area contributed by atoms with E-state index in [-0.39, 0.29) is 30.4 Å². The Morgan fingerprint density at radius 2 is 1.77 bits per heavy atom. The van der Waals surface area contributed by atoms with Crippen molar-refractivity contribution in [3.63, 3.8) is 0 Å².